The summed E-state index contributed by atoms with van der Waals surface area (Å²) >= 11 is 2.06. The molecule has 0 saturated heterocycles. The van der Waals surface area contributed by atoms with Crippen LogP contribution in [0.3, 0.4) is 0 Å². The van der Waals surface area contributed by atoms with Gasteiger partial charge in [0.05, 0.1) is 23.8 Å². The normalized spacial score (nSPS) is 11.2. The third kappa shape index (κ3) is 2.21. The number of hydrogen-bond donors (Lipinski definition) is 0. The van der Waals surface area contributed by atoms with Crippen molar-refractivity contribution in [2.24, 2.45) is 0 Å². The Morgan fingerprint density at radius 2 is 2.19 bits per heavy atom. The van der Waals surface area contributed by atoms with E-state index in [0.717, 1.165) is 14.5 Å². The Kier molecular flexibility index (Phi) is 3.17. The van der Waals surface area contributed by atoms with Crippen LogP contribution in [0.25, 0.3) is 10.9 Å². The molecule has 0 unspecified atom stereocenters. The van der Waals surface area contributed by atoms with Gasteiger partial charge in [0.15, 0.2) is 0 Å². The Bertz CT molecular complexity index is 583. The van der Waals surface area contributed by atoms with E-state index in [1.54, 1.807) is 12.1 Å². The molecule has 0 N–H and O–H groups in total. The topological polar surface area (TPSA) is 34.9 Å². The van der Waals surface area contributed by atoms with E-state index in [1.165, 1.54) is 0 Å². The summed E-state index contributed by atoms with van der Waals surface area (Å²) in [5, 5.41) is 0.370. The Hall–Kier alpha value is -1.05. The van der Waals surface area contributed by atoms with Crippen LogP contribution in [0.2, 0.25) is 0 Å². The number of alkyl halides is 2. The molecule has 0 bridgehead atoms. The van der Waals surface area contributed by atoms with Crippen LogP contribution >= 0.6 is 22.6 Å². The summed E-state index contributed by atoms with van der Waals surface area (Å²) in [6, 6.07) is 5.16. The largest absolute Gasteiger partial charge is 0.293 e. The van der Waals surface area contributed by atoms with Crippen LogP contribution in [0.15, 0.2) is 29.3 Å². The van der Waals surface area contributed by atoms with Gasteiger partial charge >= 0.3 is 0 Å². The van der Waals surface area contributed by atoms with Crippen LogP contribution in [-0.4, -0.2) is 16.0 Å². The Morgan fingerprint density at radius 3 is 2.88 bits per heavy atom. The number of hydrogen-bond acceptors (Lipinski definition) is 2. The molecule has 0 aliphatic rings. The molecule has 0 radical (unpaired) electrons. The molecule has 0 aliphatic carbocycles. The zero-order valence-electron chi connectivity index (χ0n) is 8.03. The molecule has 1 aromatic carbocycles. The SMILES string of the molecule is O=c1c2cc(I)ccc2ncn1CC(F)F. The summed E-state index contributed by atoms with van der Waals surface area (Å²) in [5.74, 6) is 0. The van der Waals surface area contributed by atoms with Gasteiger partial charge in [-0.1, -0.05) is 0 Å². The standard InChI is InChI=1S/C10H7F2IN2O/c11-9(12)4-15-5-14-8-2-1-6(13)3-7(8)10(15)16/h1-3,5,9H,4H2. The maximum absolute atomic E-state index is 12.2. The molecular weight excluding hydrogens is 329 g/mol. The van der Waals surface area contributed by atoms with Gasteiger partial charge in [0.1, 0.15) is 0 Å². The van der Waals surface area contributed by atoms with E-state index in [4.69, 9.17) is 0 Å². The molecule has 84 valence electrons. The van der Waals surface area contributed by atoms with Crippen LogP contribution in [0, 0.1) is 3.57 Å². The van der Waals surface area contributed by atoms with Gasteiger partial charge in [-0.2, -0.15) is 0 Å². The van der Waals surface area contributed by atoms with Gasteiger partial charge in [0.2, 0.25) is 0 Å². The van der Waals surface area contributed by atoms with E-state index >= 15 is 0 Å². The predicted molar refractivity (Wildman–Crippen MR) is 64.7 cm³/mol. The van der Waals surface area contributed by atoms with Crippen molar-refractivity contribution in [3.63, 3.8) is 0 Å². The summed E-state index contributed by atoms with van der Waals surface area (Å²) in [4.78, 5) is 15.8. The van der Waals surface area contributed by atoms with E-state index in [0.29, 0.717) is 10.9 Å². The number of aromatic nitrogens is 2. The monoisotopic (exact) mass is 336 g/mol. The quantitative estimate of drug-likeness (QED) is 0.789. The Balaban J connectivity index is 2.64. The lowest BCUT2D eigenvalue weighted by molar-refractivity contribution is 0.125. The summed E-state index contributed by atoms with van der Waals surface area (Å²) in [7, 11) is 0. The second kappa shape index (κ2) is 4.44. The second-order valence-electron chi connectivity index (χ2n) is 3.25. The van der Waals surface area contributed by atoms with Gasteiger partial charge < -0.3 is 0 Å². The van der Waals surface area contributed by atoms with Crippen LogP contribution in [0.1, 0.15) is 0 Å². The molecular formula is C10H7F2IN2O. The highest BCUT2D eigenvalue weighted by molar-refractivity contribution is 14.1. The van der Waals surface area contributed by atoms with Crippen molar-refractivity contribution in [3.8, 4) is 0 Å². The highest BCUT2D eigenvalue weighted by Crippen LogP contribution is 2.11. The first kappa shape index (κ1) is 11.4. The van der Waals surface area contributed by atoms with Crippen molar-refractivity contribution in [1.29, 1.82) is 0 Å². The minimum Gasteiger partial charge on any atom is -0.293 e. The molecule has 1 heterocycles. The van der Waals surface area contributed by atoms with Crippen molar-refractivity contribution >= 4 is 33.5 Å². The number of fused-ring (bicyclic) bond motifs is 1. The maximum Gasteiger partial charge on any atom is 0.261 e. The first-order valence-corrected chi connectivity index (χ1v) is 5.58. The molecule has 16 heavy (non-hydrogen) atoms. The lowest BCUT2D eigenvalue weighted by Gasteiger charge is -2.05. The number of rotatable bonds is 2. The maximum atomic E-state index is 12.2. The zero-order chi connectivity index (χ0) is 11.7. The molecule has 0 aliphatic heterocycles. The lowest BCUT2D eigenvalue weighted by Crippen LogP contribution is -2.23. The summed E-state index contributed by atoms with van der Waals surface area (Å²) in [6.45, 7) is -0.618. The highest BCUT2D eigenvalue weighted by Gasteiger charge is 2.08. The fourth-order valence-electron chi connectivity index (χ4n) is 1.41. The molecule has 6 heteroatoms. The highest BCUT2D eigenvalue weighted by atomic mass is 127. The van der Waals surface area contributed by atoms with Crippen molar-refractivity contribution in [2.75, 3.05) is 0 Å². The lowest BCUT2D eigenvalue weighted by atomic mass is 10.2. The van der Waals surface area contributed by atoms with Gasteiger partial charge in [-0.15, -0.1) is 0 Å². The van der Waals surface area contributed by atoms with Crippen LogP contribution in [0.4, 0.5) is 8.78 Å². The van der Waals surface area contributed by atoms with E-state index in [9.17, 15) is 13.6 Å². The average Bonchev–Trinajstić information content (AvgIpc) is 2.22. The fourth-order valence-corrected chi connectivity index (χ4v) is 1.90. The van der Waals surface area contributed by atoms with Crippen molar-refractivity contribution < 1.29 is 8.78 Å². The van der Waals surface area contributed by atoms with Crippen molar-refractivity contribution in [3.05, 3.63) is 38.5 Å². The zero-order valence-corrected chi connectivity index (χ0v) is 10.2. The van der Waals surface area contributed by atoms with Gasteiger partial charge in [0, 0.05) is 3.57 Å². The molecule has 0 fully saturated rings. The van der Waals surface area contributed by atoms with Gasteiger partial charge in [0.25, 0.3) is 12.0 Å². The number of benzene rings is 1. The molecule has 3 nitrogen and oxygen atoms in total. The third-order valence-corrected chi connectivity index (χ3v) is 2.79. The number of halogens is 3. The molecule has 2 rings (SSSR count). The molecule has 0 spiro atoms. The summed E-state index contributed by atoms with van der Waals surface area (Å²) in [6.07, 6.45) is -1.40. The molecule has 0 atom stereocenters. The second-order valence-corrected chi connectivity index (χ2v) is 4.50. The molecule has 2 aromatic rings. The molecule has 1 aromatic heterocycles. The van der Waals surface area contributed by atoms with E-state index < -0.39 is 18.5 Å². The van der Waals surface area contributed by atoms with E-state index in [2.05, 4.69) is 27.6 Å². The predicted octanol–water partition coefficient (Wildman–Crippen LogP) is 2.27. The van der Waals surface area contributed by atoms with E-state index in [-0.39, 0.29) is 0 Å². The van der Waals surface area contributed by atoms with Crippen LogP contribution in [0.5, 0.6) is 0 Å². The van der Waals surface area contributed by atoms with Gasteiger partial charge in [-0.25, -0.2) is 13.8 Å². The first-order valence-electron chi connectivity index (χ1n) is 4.51. The van der Waals surface area contributed by atoms with Gasteiger partial charge in [-0.3, -0.25) is 9.36 Å². The smallest absolute Gasteiger partial charge is 0.261 e. The van der Waals surface area contributed by atoms with Crippen LogP contribution in [-0.2, 0) is 6.54 Å². The fraction of sp³-hybridized carbons (Fsp3) is 0.200. The summed E-state index contributed by atoms with van der Waals surface area (Å²) < 4.78 is 26.2. The number of nitrogens with zero attached hydrogens (tertiary/aromatic N) is 2. The molecule has 0 saturated carbocycles. The van der Waals surface area contributed by atoms with E-state index in [1.807, 2.05) is 6.07 Å². The minimum atomic E-state index is -2.56. The molecule has 0 amide bonds. The van der Waals surface area contributed by atoms with Crippen LogP contribution < -0.4 is 5.56 Å². The van der Waals surface area contributed by atoms with Gasteiger partial charge in [-0.05, 0) is 40.8 Å². The Morgan fingerprint density at radius 1 is 1.44 bits per heavy atom. The minimum absolute atomic E-state index is 0.370. The first-order chi connectivity index (χ1) is 7.58. The average molecular weight is 336 g/mol. The van der Waals surface area contributed by atoms with Crippen molar-refractivity contribution in [1.82, 2.24) is 9.55 Å². The third-order valence-electron chi connectivity index (χ3n) is 2.12. The van der Waals surface area contributed by atoms with Crippen molar-refractivity contribution in [2.45, 2.75) is 13.0 Å². The summed E-state index contributed by atoms with van der Waals surface area (Å²) in [5.41, 5.74) is 0.0970. The Labute approximate surface area is 103 Å².